The number of aromatic nitrogens is 1. The maximum atomic E-state index is 14.2. The van der Waals surface area contributed by atoms with E-state index in [1.54, 1.807) is 6.92 Å². The first-order valence-corrected chi connectivity index (χ1v) is 6.92. The molecule has 0 radical (unpaired) electrons. The molecule has 2 N–H and O–H groups in total. The molecule has 1 aromatic carbocycles. The highest BCUT2D eigenvalue weighted by atomic mass is 19.1. The van der Waals surface area contributed by atoms with Gasteiger partial charge >= 0.3 is 0 Å². The van der Waals surface area contributed by atoms with Gasteiger partial charge in [0.05, 0.1) is 0 Å². The van der Waals surface area contributed by atoms with Crippen LogP contribution in [-0.4, -0.2) is 4.57 Å². The van der Waals surface area contributed by atoms with Crippen LogP contribution in [0.2, 0.25) is 0 Å². The minimum absolute atomic E-state index is 0.227. The summed E-state index contributed by atoms with van der Waals surface area (Å²) in [7, 11) is 1.86. The summed E-state index contributed by atoms with van der Waals surface area (Å²) in [6.45, 7) is 11.1. The second kappa shape index (κ2) is 6.02. The Morgan fingerprint density at radius 1 is 1.23 bits per heavy atom. The van der Waals surface area contributed by atoms with Crippen molar-refractivity contribution in [3.8, 4) is 11.1 Å². The molecule has 0 aliphatic heterocycles. The third kappa shape index (κ3) is 3.17. The molecule has 114 valence electrons. The van der Waals surface area contributed by atoms with Gasteiger partial charge in [-0.3, -0.25) is 0 Å². The van der Waals surface area contributed by atoms with Gasteiger partial charge in [-0.25, -0.2) is 9.38 Å². The van der Waals surface area contributed by atoms with Gasteiger partial charge in [-0.2, -0.15) is 0 Å². The topological polar surface area (TPSA) is 43.3 Å². The minimum atomic E-state index is -0.245. The number of rotatable bonds is 3. The molecule has 0 fully saturated rings. The number of halogens is 1. The van der Waals surface area contributed by atoms with Crippen molar-refractivity contribution in [3.63, 3.8) is 0 Å². The van der Waals surface area contributed by atoms with Crippen LogP contribution >= 0.6 is 0 Å². The summed E-state index contributed by atoms with van der Waals surface area (Å²) >= 11 is 0. The molecule has 2 aromatic rings. The van der Waals surface area contributed by atoms with E-state index in [0.29, 0.717) is 11.1 Å². The normalized spacial score (nSPS) is 11.5. The first kappa shape index (κ1) is 15.8. The summed E-state index contributed by atoms with van der Waals surface area (Å²) in [4.78, 5) is 4.18. The van der Waals surface area contributed by atoms with Gasteiger partial charge in [-0.05, 0) is 60.4 Å². The van der Waals surface area contributed by atoms with Crippen molar-refractivity contribution in [3.05, 3.63) is 71.9 Å². The number of hydrogen-bond acceptors (Lipinski definition) is 2. The van der Waals surface area contributed by atoms with E-state index in [4.69, 9.17) is 5.73 Å². The molecule has 22 heavy (non-hydrogen) atoms. The van der Waals surface area contributed by atoms with E-state index < -0.39 is 0 Å². The zero-order valence-electron chi connectivity index (χ0n) is 13.2. The van der Waals surface area contributed by atoms with E-state index in [9.17, 15) is 4.39 Å². The third-order valence-electron chi connectivity index (χ3n) is 3.52. The number of pyridine rings is 1. The Morgan fingerprint density at radius 3 is 2.50 bits per heavy atom. The molecule has 0 bridgehead atoms. The molecule has 0 saturated carbocycles. The van der Waals surface area contributed by atoms with Crippen LogP contribution in [0.15, 0.2) is 54.4 Å². The highest BCUT2D eigenvalue weighted by Crippen LogP contribution is 2.27. The summed E-state index contributed by atoms with van der Waals surface area (Å²) in [5.41, 5.74) is 10.1. The van der Waals surface area contributed by atoms with Crippen LogP contribution in [0.4, 0.5) is 4.39 Å². The summed E-state index contributed by atoms with van der Waals surface area (Å²) in [5.74, 6) is -0.0177. The second-order valence-corrected chi connectivity index (χ2v) is 5.40. The van der Waals surface area contributed by atoms with E-state index in [1.807, 2.05) is 42.9 Å². The molecule has 3 nitrogen and oxygen atoms in total. The van der Waals surface area contributed by atoms with Gasteiger partial charge in [0.25, 0.3) is 0 Å². The number of allylic oxidation sites excluding steroid dienone is 1. The fraction of sp³-hybridized carbons (Fsp3) is 0.167. The molecule has 0 unspecified atom stereocenters. The van der Waals surface area contributed by atoms with Gasteiger partial charge in [0, 0.05) is 13.2 Å². The predicted octanol–water partition coefficient (Wildman–Crippen LogP) is 3.50. The summed E-state index contributed by atoms with van der Waals surface area (Å²) in [5, 5.41) is 0. The van der Waals surface area contributed by atoms with Crippen LogP contribution in [0.1, 0.15) is 18.1 Å². The lowest BCUT2D eigenvalue weighted by atomic mass is 9.96. The monoisotopic (exact) mass is 297 g/mol. The molecule has 0 aliphatic carbocycles. The molecule has 0 spiro atoms. The highest BCUT2D eigenvalue weighted by Gasteiger charge is 2.09. The lowest BCUT2D eigenvalue weighted by Crippen LogP contribution is -2.18. The fourth-order valence-corrected chi connectivity index (χ4v) is 2.28. The molecule has 1 heterocycles. The van der Waals surface area contributed by atoms with Gasteiger partial charge in [-0.1, -0.05) is 18.7 Å². The molecule has 1 aromatic heterocycles. The van der Waals surface area contributed by atoms with E-state index >= 15 is 0 Å². The van der Waals surface area contributed by atoms with Gasteiger partial charge in [-0.15, -0.1) is 0 Å². The average molecular weight is 297 g/mol. The largest absolute Gasteiger partial charge is 0.384 e. The molecular weight excluding hydrogens is 277 g/mol. The quantitative estimate of drug-likeness (QED) is 0.925. The Morgan fingerprint density at radius 2 is 1.91 bits per heavy atom. The van der Waals surface area contributed by atoms with Crippen LogP contribution in [0.3, 0.4) is 0 Å². The number of benzene rings is 1. The van der Waals surface area contributed by atoms with Crippen LogP contribution in [0, 0.1) is 12.7 Å². The Labute approximate surface area is 129 Å². The molecule has 0 atom stereocenters. The summed E-state index contributed by atoms with van der Waals surface area (Å²) in [6.07, 6.45) is 1.86. The van der Waals surface area contributed by atoms with Crippen molar-refractivity contribution in [2.75, 3.05) is 0 Å². The number of nitrogens with zero attached hydrogens (tertiary/aromatic N) is 2. The Balaban J connectivity index is 2.67. The fourth-order valence-electron chi connectivity index (χ4n) is 2.28. The van der Waals surface area contributed by atoms with Crippen LogP contribution in [0.5, 0.6) is 0 Å². The van der Waals surface area contributed by atoms with Crippen LogP contribution in [0.25, 0.3) is 16.7 Å². The van der Waals surface area contributed by atoms with Crippen molar-refractivity contribution in [1.29, 1.82) is 0 Å². The minimum Gasteiger partial charge on any atom is -0.384 e. The summed E-state index contributed by atoms with van der Waals surface area (Å²) < 4.78 is 16.0. The number of hydrogen-bond donors (Lipinski definition) is 1. The first-order valence-electron chi connectivity index (χ1n) is 6.92. The van der Waals surface area contributed by atoms with Crippen LogP contribution in [-0.2, 0) is 7.05 Å². The Hall–Kier alpha value is -2.62. The second-order valence-electron chi connectivity index (χ2n) is 5.40. The zero-order valence-corrected chi connectivity index (χ0v) is 13.2. The highest BCUT2D eigenvalue weighted by molar-refractivity contribution is 5.73. The first-order chi connectivity index (χ1) is 10.3. The molecule has 0 saturated heterocycles. The molecular formula is C18H20FN3. The van der Waals surface area contributed by atoms with Gasteiger partial charge in [0.2, 0.25) is 0 Å². The third-order valence-corrected chi connectivity index (χ3v) is 3.52. The lowest BCUT2D eigenvalue weighted by Gasteiger charge is -2.11. The van der Waals surface area contributed by atoms with Crippen molar-refractivity contribution in [2.24, 2.45) is 17.8 Å². The lowest BCUT2D eigenvalue weighted by molar-refractivity contribution is 0.618. The van der Waals surface area contributed by atoms with Gasteiger partial charge in [0.1, 0.15) is 17.1 Å². The van der Waals surface area contributed by atoms with Crippen molar-refractivity contribution >= 4 is 5.57 Å². The maximum absolute atomic E-state index is 14.2. The molecule has 2 rings (SSSR count). The molecule has 4 heteroatoms. The van der Waals surface area contributed by atoms with Crippen molar-refractivity contribution < 1.29 is 4.39 Å². The smallest absolute Gasteiger partial charge is 0.135 e. The standard InChI is InChI=1S/C18H20FN3/c1-11(2)16-8-15(9-17(19)12(16)3)14-6-7-22(5)18(10-14)21-13(4)20/h6-10H,1,4,20H2,2-3,5H3/b21-18-. The van der Waals surface area contributed by atoms with E-state index in [0.717, 1.165) is 22.3 Å². The average Bonchev–Trinajstić information content (AvgIpc) is 2.43. The van der Waals surface area contributed by atoms with Crippen LogP contribution < -0.4 is 11.2 Å². The predicted molar refractivity (Wildman–Crippen MR) is 89.1 cm³/mol. The number of nitrogens with two attached hydrogens (primary N) is 1. The van der Waals surface area contributed by atoms with Crippen molar-refractivity contribution in [2.45, 2.75) is 13.8 Å². The zero-order chi connectivity index (χ0) is 16.4. The van der Waals surface area contributed by atoms with Gasteiger partial charge in [0.15, 0.2) is 0 Å². The van der Waals surface area contributed by atoms with E-state index in [2.05, 4.69) is 18.2 Å². The molecule has 0 amide bonds. The number of aryl methyl sites for hydroxylation is 1. The summed E-state index contributed by atoms with van der Waals surface area (Å²) in [6, 6.07) is 7.23. The molecule has 0 aliphatic rings. The Bertz CT molecular complexity index is 829. The van der Waals surface area contributed by atoms with Gasteiger partial charge < -0.3 is 10.3 Å². The maximum Gasteiger partial charge on any atom is 0.135 e. The van der Waals surface area contributed by atoms with E-state index in [-0.39, 0.29) is 11.6 Å². The Kier molecular flexibility index (Phi) is 4.31. The van der Waals surface area contributed by atoms with E-state index in [1.165, 1.54) is 6.07 Å². The SMILES string of the molecule is C=C(N)/N=c1/cc(-c2cc(F)c(C)c(C(=C)C)c2)ccn1C. The van der Waals surface area contributed by atoms with Crippen molar-refractivity contribution in [1.82, 2.24) is 4.57 Å².